The van der Waals surface area contributed by atoms with Crippen molar-refractivity contribution in [1.29, 1.82) is 0 Å². The summed E-state index contributed by atoms with van der Waals surface area (Å²) >= 11 is 0. The molecule has 0 bridgehead atoms. The first-order valence-electron chi connectivity index (χ1n) is 29.5. The molecule has 0 aliphatic heterocycles. The number of fused-ring (bicyclic) bond motifs is 7. The summed E-state index contributed by atoms with van der Waals surface area (Å²) in [5.74, 6) is 2.37. The maximum absolute atomic E-state index is 6.93. The van der Waals surface area contributed by atoms with E-state index in [0.29, 0.717) is 0 Å². The summed E-state index contributed by atoms with van der Waals surface area (Å²) in [5.41, 5.74) is 21.7. The molecule has 0 N–H and O–H groups in total. The number of hydrogen-bond donors (Lipinski definition) is 0. The molecule has 10 aromatic carbocycles. The summed E-state index contributed by atoms with van der Waals surface area (Å²) < 4.78 is 14.0. The van der Waals surface area contributed by atoms with E-state index in [1.807, 2.05) is 6.20 Å². The third-order valence-electron chi connectivity index (χ3n) is 17.5. The van der Waals surface area contributed by atoms with Crippen LogP contribution in [0.1, 0.15) is 101 Å². The quantitative estimate of drug-likeness (QED) is 0.135. The highest BCUT2D eigenvalue weighted by molar-refractivity contribution is 6.09. The molecule has 0 amide bonds. The standard InChI is InChI=1S/C79H69N4O/c1-76(2,3)55-42-43-80-74(48-55)83-70-37-18-15-32-66(70)67-41-40-61(50-73(67)83)84-60-29-22-28-59(49-60)81-51-82(72-39-20-19-38-71(72)81)75-62(33-23-34-63(75)53-45-57(77(4,5)6)47-58(46-53)78(7,8)9)52-24-21-27-56(44-52)79(54-25-11-10-12-26-54)68-35-16-13-30-64(68)65-31-14-17-36-69(65)79/h10-51H,1-9H3/q+1. The number of nitrogens with zero attached hydrogens (tertiary/aromatic N) is 4. The first kappa shape index (κ1) is 52.5. The molecule has 14 rings (SSSR count). The largest absolute Gasteiger partial charge is 0.457 e. The molecule has 410 valence electrons. The van der Waals surface area contributed by atoms with E-state index in [0.717, 1.165) is 72.8 Å². The Hall–Kier alpha value is -9.58. The lowest BCUT2D eigenvalue weighted by Gasteiger charge is -2.34. The Kier molecular flexibility index (Phi) is 12.4. The number of rotatable bonds is 9. The highest BCUT2D eigenvalue weighted by Crippen LogP contribution is 2.56. The second-order valence-corrected chi connectivity index (χ2v) is 25.9. The summed E-state index contributed by atoms with van der Waals surface area (Å²) in [6.45, 7) is 20.7. The van der Waals surface area contributed by atoms with Crippen molar-refractivity contribution in [3.63, 3.8) is 0 Å². The van der Waals surface area contributed by atoms with E-state index in [-0.39, 0.29) is 16.2 Å². The summed E-state index contributed by atoms with van der Waals surface area (Å²) in [4.78, 5) is 4.94. The van der Waals surface area contributed by atoms with Crippen molar-refractivity contribution < 1.29 is 9.30 Å². The summed E-state index contributed by atoms with van der Waals surface area (Å²) in [6.07, 6.45) is 4.21. The number of ether oxygens (including phenoxy) is 1. The lowest BCUT2D eigenvalue weighted by atomic mass is 9.67. The monoisotopic (exact) mass is 1090 g/mol. The Morgan fingerprint density at radius 1 is 0.405 bits per heavy atom. The van der Waals surface area contributed by atoms with Crippen molar-refractivity contribution in [2.24, 2.45) is 0 Å². The van der Waals surface area contributed by atoms with E-state index in [9.17, 15) is 0 Å². The zero-order chi connectivity index (χ0) is 57.7. The molecule has 3 aromatic heterocycles. The van der Waals surface area contributed by atoms with Crippen molar-refractivity contribution in [3.8, 4) is 62.1 Å². The smallest absolute Gasteiger partial charge is 0.255 e. The van der Waals surface area contributed by atoms with Gasteiger partial charge in [0, 0.05) is 40.2 Å². The predicted octanol–water partition coefficient (Wildman–Crippen LogP) is 19.8. The van der Waals surface area contributed by atoms with Crippen LogP contribution in [0, 0.1) is 0 Å². The summed E-state index contributed by atoms with van der Waals surface area (Å²) in [7, 11) is 0. The van der Waals surface area contributed by atoms with Gasteiger partial charge in [-0.1, -0.05) is 232 Å². The van der Waals surface area contributed by atoms with Crippen molar-refractivity contribution >= 4 is 32.8 Å². The van der Waals surface area contributed by atoms with Gasteiger partial charge in [0.2, 0.25) is 0 Å². The average Bonchev–Trinajstić information content (AvgIpc) is 1.60. The Morgan fingerprint density at radius 3 is 1.69 bits per heavy atom. The van der Waals surface area contributed by atoms with E-state index in [2.05, 4.69) is 325 Å². The van der Waals surface area contributed by atoms with Gasteiger partial charge in [-0.05, 0) is 138 Å². The topological polar surface area (TPSA) is 35.9 Å². The van der Waals surface area contributed by atoms with Gasteiger partial charge in [-0.2, -0.15) is 9.13 Å². The van der Waals surface area contributed by atoms with Gasteiger partial charge >= 0.3 is 0 Å². The second-order valence-electron chi connectivity index (χ2n) is 25.9. The number of hydrogen-bond acceptors (Lipinski definition) is 2. The molecule has 0 saturated carbocycles. The van der Waals surface area contributed by atoms with Crippen molar-refractivity contribution in [2.75, 3.05) is 0 Å². The molecule has 0 radical (unpaired) electrons. The molecule has 1 aliphatic rings. The minimum atomic E-state index is -0.555. The SMILES string of the molecule is CC(C)(C)c1cc(-c2cccc(-c3cccc(C4(c5ccccc5)c5ccccc5-c5ccccc54)c3)c2-[n+]2cn(-c3cccc(Oc4ccc5c6ccccc6n(-c6cc(C(C)(C)C)ccn6)c5c4)c3)c3ccccc32)cc(C(C)(C)C)c1. The molecule has 0 saturated heterocycles. The van der Waals surface area contributed by atoms with Crippen LogP contribution in [-0.2, 0) is 21.7 Å². The van der Waals surface area contributed by atoms with Crippen LogP contribution in [0.15, 0.2) is 255 Å². The Bertz CT molecular complexity index is 4630. The van der Waals surface area contributed by atoms with Crippen molar-refractivity contribution in [2.45, 2.75) is 84.0 Å². The van der Waals surface area contributed by atoms with Crippen LogP contribution in [0.25, 0.3) is 83.4 Å². The molecule has 0 fully saturated rings. The van der Waals surface area contributed by atoms with Gasteiger partial charge in [-0.25, -0.2) is 4.98 Å². The van der Waals surface area contributed by atoms with E-state index in [1.54, 1.807) is 0 Å². The minimum Gasteiger partial charge on any atom is -0.457 e. The van der Waals surface area contributed by atoms with Crippen molar-refractivity contribution in [1.82, 2.24) is 14.1 Å². The van der Waals surface area contributed by atoms with Gasteiger partial charge in [0.05, 0.1) is 16.4 Å². The van der Waals surface area contributed by atoms with Crippen LogP contribution in [0.2, 0.25) is 0 Å². The number of pyridine rings is 1. The lowest BCUT2D eigenvalue weighted by Crippen LogP contribution is -2.31. The van der Waals surface area contributed by atoms with Crippen LogP contribution in [0.4, 0.5) is 0 Å². The molecule has 84 heavy (non-hydrogen) atoms. The molecule has 1 aliphatic carbocycles. The summed E-state index contributed by atoms with van der Waals surface area (Å²) in [5, 5.41) is 2.32. The van der Waals surface area contributed by atoms with Crippen LogP contribution >= 0.6 is 0 Å². The molecule has 13 aromatic rings. The maximum atomic E-state index is 6.93. The fraction of sp³-hybridized carbons (Fsp3) is 0.165. The van der Waals surface area contributed by atoms with Gasteiger partial charge in [0.15, 0.2) is 11.0 Å². The number of benzene rings is 10. The molecular formula is C79H69N4O+. The molecule has 0 atom stereocenters. The minimum absolute atomic E-state index is 0.0325. The van der Waals surface area contributed by atoms with E-state index >= 15 is 0 Å². The fourth-order valence-electron chi connectivity index (χ4n) is 13.1. The first-order valence-corrected chi connectivity index (χ1v) is 29.5. The highest BCUT2D eigenvalue weighted by atomic mass is 16.5. The van der Waals surface area contributed by atoms with Crippen molar-refractivity contribution in [3.05, 3.63) is 294 Å². The lowest BCUT2D eigenvalue weighted by molar-refractivity contribution is -0.566. The van der Waals surface area contributed by atoms with Gasteiger partial charge < -0.3 is 4.74 Å². The third kappa shape index (κ3) is 8.75. The van der Waals surface area contributed by atoms with Crippen LogP contribution in [-0.4, -0.2) is 14.1 Å². The predicted molar refractivity (Wildman–Crippen MR) is 348 cm³/mol. The normalized spacial score (nSPS) is 13.2. The Morgan fingerprint density at radius 2 is 0.976 bits per heavy atom. The third-order valence-corrected chi connectivity index (χ3v) is 17.5. The Balaban J connectivity index is 0.949. The number of imidazole rings is 1. The number of aromatic nitrogens is 4. The highest BCUT2D eigenvalue weighted by Gasteiger charge is 2.46. The van der Waals surface area contributed by atoms with Gasteiger partial charge in [0.1, 0.15) is 28.7 Å². The second kappa shape index (κ2) is 19.8. The van der Waals surface area contributed by atoms with Gasteiger partial charge in [-0.15, -0.1) is 0 Å². The maximum Gasteiger partial charge on any atom is 0.255 e. The van der Waals surface area contributed by atoms with E-state index in [1.165, 1.54) is 61.0 Å². The summed E-state index contributed by atoms with van der Waals surface area (Å²) in [6, 6.07) is 89.3. The molecule has 5 heteroatoms. The average molecular weight is 1090 g/mol. The Labute approximate surface area is 493 Å². The van der Waals surface area contributed by atoms with Gasteiger partial charge in [0.25, 0.3) is 6.33 Å². The zero-order valence-electron chi connectivity index (χ0n) is 49.4. The van der Waals surface area contributed by atoms with Crippen LogP contribution in [0.3, 0.4) is 0 Å². The van der Waals surface area contributed by atoms with Crippen LogP contribution < -0.4 is 9.30 Å². The molecule has 0 spiro atoms. The molecular weight excluding hydrogens is 1020 g/mol. The first-order chi connectivity index (χ1) is 40.5. The van der Waals surface area contributed by atoms with Crippen LogP contribution in [0.5, 0.6) is 11.5 Å². The van der Waals surface area contributed by atoms with E-state index in [4.69, 9.17) is 9.72 Å². The zero-order valence-corrected chi connectivity index (χ0v) is 49.4. The van der Waals surface area contributed by atoms with E-state index < -0.39 is 5.41 Å². The molecule has 5 nitrogen and oxygen atoms in total. The number of para-hydroxylation sites is 4. The molecule has 0 unspecified atom stereocenters. The fourth-order valence-corrected chi connectivity index (χ4v) is 13.1. The van der Waals surface area contributed by atoms with Gasteiger partial charge in [-0.3, -0.25) is 4.57 Å². The molecule has 3 heterocycles.